The summed E-state index contributed by atoms with van der Waals surface area (Å²) >= 11 is 0. The van der Waals surface area contributed by atoms with Crippen LogP contribution >= 0.6 is 0 Å². The summed E-state index contributed by atoms with van der Waals surface area (Å²) in [5.74, 6) is -16.3. The number of allylic oxidation sites excluding steroid dienone is 2. The molecule has 0 bridgehead atoms. The lowest BCUT2D eigenvalue weighted by Crippen LogP contribution is -2.63. The Morgan fingerprint density at radius 1 is 0.662 bits per heavy atom. The summed E-state index contributed by atoms with van der Waals surface area (Å²) in [6, 6.07) is 3.17. The van der Waals surface area contributed by atoms with Gasteiger partial charge < -0.3 is 61.8 Å². The van der Waals surface area contributed by atoms with Crippen LogP contribution in [0.15, 0.2) is 82.0 Å². The Bertz CT molecular complexity index is 3570. The first-order chi connectivity index (χ1) is 37.7. The number of likely N-dealkylation sites (N-methyl/N-ethyl adjacent to an activating group) is 2. The molecule has 2 heterocycles. The average molecular weight is 1110 g/mol. The first kappa shape index (κ1) is 55.6. The number of nitrogens with two attached hydrogens (primary N) is 2. The van der Waals surface area contributed by atoms with Gasteiger partial charge in [-0.1, -0.05) is 10.4 Å². The molecule has 2 aromatic heterocycles. The third kappa shape index (κ3) is 8.11. The molecule has 2 amide bonds. The van der Waals surface area contributed by atoms with Crippen LogP contribution in [0.2, 0.25) is 0 Å². The zero-order chi connectivity index (χ0) is 58.5. The highest BCUT2D eigenvalue weighted by atomic mass is 16.5. The number of rotatable bonds is 10. The van der Waals surface area contributed by atoms with Crippen molar-refractivity contribution in [2.45, 2.75) is 62.8 Å². The number of esters is 2. The van der Waals surface area contributed by atoms with Crippen LogP contribution in [-0.2, 0) is 41.5 Å². The molecule has 0 fully saturated rings. The zero-order valence-corrected chi connectivity index (χ0v) is 43.6. The van der Waals surface area contributed by atoms with Crippen LogP contribution in [0.5, 0.6) is 11.5 Å². The molecule has 2 aromatic carbocycles. The van der Waals surface area contributed by atoms with E-state index in [1.165, 1.54) is 55.8 Å². The SMILES string of the molecule is CCOC(=O)c1cn(-c2ccc(O)c3c2C[C@@H]2C[C@@H]4[C@H](N(C)C)C(O)=C(C(N)=O)C(=O)[C@]4(O)C(O)=C2C3=O)nn1.CCOC(=O)c1cnnn1-c1ccc(O)c2c1CC1CC3C(N(C)C)C(O)=C(C(N)=O)C(=O)C3(O)C(O)=C1C2=O. The highest BCUT2D eigenvalue weighted by Crippen LogP contribution is 2.55. The van der Waals surface area contributed by atoms with Gasteiger partial charge in [-0.15, -0.1) is 10.2 Å². The number of carbonyl (C=O) groups excluding carboxylic acids is 8. The number of ether oxygens (including phenoxy) is 2. The van der Waals surface area contributed by atoms with Gasteiger partial charge in [-0.3, -0.25) is 38.6 Å². The van der Waals surface area contributed by atoms with Crippen LogP contribution in [0.25, 0.3) is 11.4 Å². The fourth-order valence-corrected chi connectivity index (χ4v) is 12.3. The number of phenols is 2. The molecular formula is C52H54N10O18. The van der Waals surface area contributed by atoms with Gasteiger partial charge in [-0.2, -0.15) is 0 Å². The Hall–Kier alpha value is -9.12. The Balaban J connectivity index is 0.000000194. The van der Waals surface area contributed by atoms with Gasteiger partial charge in [0.25, 0.3) is 11.8 Å². The highest BCUT2D eigenvalue weighted by molar-refractivity contribution is 6.26. The van der Waals surface area contributed by atoms with Crippen molar-refractivity contribution in [1.29, 1.82) is 0 Å². The number of amides is 2. The highest BCUT2D eigenvalue weighted by Gasteiger charge is 2.65. The Kier molecular flexibility index (Phi) is 13.9. The van der Waals surface area contributed by atoms with Crippen molar-refractivity contribution in [2.24, 2.45) is 35.1 Å². The molecule has 0 saturated carbocycles. The molecule has 4 unspecified atom stereocenters. The van der Waals surface area contributed by atoms with Gasteiger partial charge in [0.15, 0.2) is 34.2 Å². The Labute approximate surface area is 452 Å². The molecule has 10 rings (SSSR count). The molecule has 0 spiro atoms. The smallest absolute Gasteiger partial charge is 0.360 e. The number of fused-ring (bicyclic) bond motifs is 6. The largest absolute Gasteiger partial charge is 0.510 e. The van der Waals surface area contributed by atoms with Crippen LogP contribution in [0.3, 0.4) is 0 Å². The minimum Gasteiger partial charge on any atom is -0.510 e. The number of aliphatic hydroxyl groups is 6. The second-order valence-corrected chi connectivity index (χ2v) is 20.4. The lowest BCUT2D eigenvalue weighted by molar-refractivity contribution is -0.149. The number of Topliss-reactive ketones (excluding diaryl/α,β-unsaturated/α-hetero) is 4. The van der Waals surface area contributed by atoms with E-state index in [0.717, 1.165) is 0 Å². The number of aromatic nitrogens is 6. The van der Waals surface area contributed by atoms with Crippen LogP contribution in [-0.4, -0.2) is 192 Å². The maximum Gasteiger partial charge on any atom is 0.360 e. The molecule has 4 aromatic rings. The van der Waals surface area contributed by atoms with Crippen LogP contribution < -0.4 is 11.5 Å². The summed E-state index contributed by atoms with van der Waals surface area (Å²) in [5.41, 5.74) is 3.59. The second kappa shape index (κ2) is 20.0. The summed E-state index contributed by atoms with van der Waals surface area (Å²) in [6.07, 6.45) is 2.43. The number of hydrogen-bond acceptors (Lipinski definition) is 24. The molecule has 6 aliphatic carbocycles. The lowest BCUT2D eigenvalue weighted by atomic mass is 9.58. The number of hydrogen-bond donors (Lipinski definition) is 10. The molecule has 0 saturated heterocycles. The molecular weight excluding hydrogens is 1050 g/mol. The minimum atomic E-state index is -2.74. The van der Waals surface area contributed by atoms with E-state index < -0.39 is 140 Å². The van der Waals surface area contributed by atoms with Crippen molar-refractivity contribution in [3.63, 3.8) is 0 Å². The maximum absolute atomic E-state index is 13.8. The van der Waals surface area contributed by atoms with E-state index in [1.807, 2.05) is 0 Å². The van der Waals surface area contributed by atoms with Crippen molar-refractivity contribution in [3.8, 4) is 22.9 Å². The normalized spacial score (nSPS) is 26.0. The fourth-order valence-electron chi connectivity index (χ4n) is 12.3. The van der Waals surface area contributed by atoms with Crippen molar-refractivity contribution in [3.05, 3.63) is 116 Å². The summed E-state index contributed by atoms with van der Waals surface area (Å²) in [6.45, 7) is 3.50. The quantitative estimate of drug-likeness (QED) is 0.0723. The molecule has 28 heteroatoms. The molecule has 420 valence electrons. The third-order valence-electron chi connectivity index (χ3n) is 15.6. The number of nitrogens with zero attached hydrogens (tertiary/aromatic N) is 8. The summed E-state index contributed by atoms with van der Waals surface area (Å²) in [5, 5.41) is 105. The average Bonchev–Trinajstić information content (AvgIpc) is 3.32. The lowest BCUT2D eigenvalue weighted by Gasteiger charge is -2.50. The van der Waals surface area contributed by atoms with E-state index >= 15 is 0 Å². The molecule has 28 nitrogen and oxygen atoms in total. The third-order valence-corrected chi connectivity index (χ3v) is 15.6. The van der Waals surface area contributed by atoms with Crippen molar-refractivity contribution >= 4 is 46.9 Å². The fraction of sp³-hybridized carbons (Fsp3) is 0.385. The molecule has 0 radical (unpaired) electrons. The predicted molar refractivity (Wildman–Crippen MR) is 269 cm³/mol. The van der Waals surface area contributed by atoms with Gasteiger partial charge in [0.05, 0.1) is 60.2 Å². The van der Waals surface area contributed by atoms with E-state index in [4.69, 9.17) is 20.9 Å². The van der Waals surface area contributed by atoms with Gasteiger partial charge in [-0.25, -0.2) is 19.0 Å². The van der Waals surface area contributed by atoms with E-state index in [2.05, 4.69) is 20.6 Å². The van der Waals surface area contributed by atoms with Gasteiger partial charge in [0, 0.05) is 23.0 Å². The first-order valence-electron chi connectivity index (χ1n) is 24.9. The number of benzene rings is 2. The first-order valence-corrected chi connectivity index (χ1v) is 24.9. The Morgan fingerprint density at radius 2 is 1.10 bits per heavy atom. The summed E-state index contributed by atoms with van der Waals surface area (Å²) < 4.78 is 12.4. The summed E-state index contributed by atoms with van der Waals surface area (Å²) in [4.78, 5) is 106. The van der Waals surface area contributed by atoms with Gasteiger partial charge in [0.1, 0.15) is 45.7 Å². The monoisotopic (exact) mass is 1110 g/mol. The summed E-state index contributed by atoms with van der Waals surface area (Å²) in [7, 11) is 6.20. The standard InChI is InChI=1S/2C26H27N5O9/c1-4-40-25(38)13-9-31(29-28-13)14-5-6-15(32)17-11(14)7-10-8-12-19(30(2)3)21(34)18(24(27)37)23(36)26(12,39)22(35)16(10)20(17)33;1-4-40-25(38)14-9-28-29-31(14)13-5-6-15(32)17-11(13)7-10-8-12-19(30(2)3)21(34)18(24(27)37)23(36)26(12,39)22(35)16(10)20(17)33/h2*5-6,9-10,12,19,32,34-35,39H,4,7-8H2,1-3H3,(H2,27,37)/t10-,12-,19+,26-;/m1./s1. The van der Waals surface area contributed by atoms with Crippen LogP contribution in [0.1, 0.15) is 79.5 Å². The minimum absolute atomic E-state index is 0.0143. The number of aromatic hydroxyl groups is 2. The number of aliphatic hydroxyl groups excluding tert-OH is 4. The topological polar surface area (TPSA) is 437 Å². The number of carbonyl (C=O) groups is 8. The number of phenolic OH excluding ortho intramolecular Hbond substituents is 2. The maximum atomic E-state index is 13.8. The van der Waals surface area contributed by atoms with Gasteiger partial charge >= 0.3 is 11.9 Å². The van der Waals surface area contributed by atoms with Crippen LogP contribution in [0.4, 0.5) is 0 Å². The number of ketones is 4. The zero-order valence-electron chi connectivity index (χ0n) is 43.6. The van der Waals surface area contributed by atoms with Crippen molar-refractivity contribution < 1.29 is 88.7 Å². The predicted octanol–water partition coefficient (Wildman–Crippen LogP) is -0.244. The molecule has 0 aliphatic heterocycles. The van der Waals surface area contributed by atoms with Crippen molar-refractivity contribution in [1.82, 2.24) is 39.8 Å². The van der Waals surface area contributed by atoms with Crippen molar-refractivity contribution in [2.75, 3.05) is 41.4 Å². The van der Waals surface area contributed by atoms with E-state index in [1.54, 1.807) is 42.0 Å². The number of primary amides is 2. The van der Waals surface area contributed by atoms with Crippen LogP contribution in [0, 0.1) is 23.7 Å². The van der Waals surface area contributed by atoms with Gasteiger partial charge in [0.2, 0.25) is 11.6 Å². The molecule has 80 heavy (non-hydrogen) atoms. The molecule has 8 atom stereocenters. The van der Waals surface area contributed by atoms with E-state index in [0.29, 0.717) is 11.3 Å². The molecule has 12 N–H and O–H groups in total. The van der Waals surface area contributed by atoms with E-state index in [9.17, 15) is 79.2 Å². The Morgan fingerprint density at radius 3 is 1.54 bits per heavy atom. The van der Waals surface area contributed by atoms with E-state index in [-0.39, 0.29) is 83.8 Å². The molecule has 6 aliphatic rings. The van der Waals surface area contributed by atoms with Gasteiger partial charge in [-0.05, 0) is 115 Å². The second-order valence-electron chi connectivity index (χ2n) is 20.4.